The second kappa shape index (κ2) is 7.62. The quantitative estimate of drug-likeness (QED) is 0.377. The van der Waals surface area contributed by atoms with Crippen LogP contribution < -0.4 is 0 Å². The molecule has 1 heteroatoms. The van der Waals surface area contributed by atoms with Crippen molar-refractivity contribution in [2.24, 2.45) is 4.99 Å². The van der Waals surface area contributed by atoms with Gasteiger partial charge in [0.15, 0.2) is 0 Å². The van der Waals surface area contributed by atoms with Gasteiger partial charge in [-0.2, -0.15) is 0 Å². The third kappa shape index (κ3) is 3.47. The van der Waals surface area contributed by atoms with Gasteiger partial charge in [0.1, 0.15) is 0 Å². The zero-order chi connectivity index (χ0) is 17.6. The average Bonchev–Trinajstić information content (AvgIpc) is 2.74. The van der Waals surface area contributed by atoms with E-state index in [1.165, 1.54) is 5.56 Å². The zero-order valence-corrected chi connectivity index (χ0v) is 14.4. The number of benzene rings is 4. The van der Waals surface area contributed by atoms with E-state index in [9.17, 15) is 0 Å². The molecule has 0 atom stereocenters. The number of hydrogen-bond acceptors (Lipinski definition) is 1. The van der Waals surface area contributed by atoms with E-state index in [0.29, 0.717) is 0 Å². The van der Waals surface area contributed by atoms with Crippen LogP contribution in [0.3, 0.4) is 0 Å². The van der Waals surface area contributed by atoms with Gasteiger partial charge in [0.05, 0.1) is 11.4 Å². The Morgan fingerprint density at radius 3 is 1.50 bits per heavy atom. The van der Waals surface area contributed by atoms with Crippen LogP contribution in [0.15, 0.2) is 120 Å². The molecule has 0 bridgehead atoms. The first kappa shape index (κ1) is 16.0. The second-order valence-electron chi connectivity index (χ2n) is 6.08. The molecule has 0 aliphatic carbocycles. The van der Waals surface area contributed by atoms with E-state index in [-0.39, 0.29) is 0 Å². The van der Waals surface area contributed by atoms with Crippen LogP contribution in [0.1, 0.15) is 11.1 Å². The highest BCUT2D eigenvalue weighted by Crippen LogP contribution is 2.31. The predicted molar refractivity (Wildman–Crippen MR) is 110 cm³/mol. The Morgan fingerprint density at radius 1 is 0.462 bits per heavy atom. The maximum absolute atomic E-state index is 5.09. The predicted octanol–water partition coefficient (Wildman–Crippen LogP) is 6.52. The molecule has 0 heterocycles. The normalized spacial score (nSPS) is 10.3. The summed E-state index contributed by atoms with van der Waals surface area (Å²) in [6, 6.07) is 39.4. The standard InChI is InChI=1S/C25H19N/c1-4-12-20(13-5-1)23-18-10-11-19-24(23)26-25(21-14-6-2-7-15-21)22-16-8-3-9-17-22/h1-19H. The molecule has 26 heavy (non-hydrogen) atoms. The summed E-state index contributed by atoms with van der Waals surface area (Å²) in [5.41, 5.74) is 6.49. The van der Waals surface area contributed by atoms with E-state index in [0.717, 1.165) is 28.1 Å². The summed E-state index contributed by atoms with van der Waals surface area (Å²) in [7, 11) is 0. The molecule has 0 saturated heterocycles. The summed E-state index contributed by atoms with van der Waals surface area (Å²) in [4.78, 5) is 5.09. The molecule has 124 valence electrons. The highest BCUT2D eigenvalue weighted by molar-refractivity contribution is 6.14. The van der Waals surface area contributed by atoms with Crippen LogP contribution in [0.4, 0.5) is 5.69 Å². The number of nitrogens with zero attached hydrogens (tertiary/aromatic N) is 1. The highest BCUT2D eigenvalue weighted by atomic mass is 14.8. The lowest BCUT2D eigenvalue weighted by molar-refractivity contribution is 1.47. The zero-order valence-electron chi connectivity index (χ0n) is 14.4. The molecule has 1 nitrogen and oxygen atoms in total. The fraction of sp³-hybridized carbons (Fsp3) is 0. The summed E-state index contributed by atoms with van der Waals surface area (Å²) < 4.78 is 0. The van der Waals surface area contributed by atoms with Crippen molar-refractivity contribution >= 4 is 11.4 Å². The number of para-hydroxylation sites is 1. The minimum atomic E-state index is 0.974. The van der Waals surface area contributed by atoms with Crippen molar-refractivity contribution in [1.82, 2.24) is 0 Å². The molecule has 0 fully saturated rings. The van der Waals surface area contributed by atoms with Crippen LogP contribution in [0.2, 0.25) is 0 Å². The third-order valence-corrected chi connectivity index (χ3v) is 4.32. The van der Waals surface area contributed by atoms with Crippen molar-refractivity contribution in [2.45, 2.75) is 0 Å². The first-order valence-electron chi connectivity index (χ1n) is 8.76. The largest absolute Gasteiger partial charge is 0.247 e. The summed E-state index contributed by atoms with van der Waals surface area (Å²) >= 11 is 0. The smallest absolute Gasteiger partial charge is 0.0781 e. The molecule has 0 N–H and O–H groups in total. The van der Waals surface area contributed by atoms with Gasteiger partial charge >= 0.3 is 0 Å². The van der Waals surface area contributed by atoms with E-state index < -0.39 is 0 Å². The minimum Gasteiger partial charge on any atom is -0.247 e. The highest BCUT2D eigenvalue weighted by Gasteiger charge is 2.09. The van der Waals surface area contributed by atoms with Gasteiger partial charge in [-0.25, -0.2) is 4.99 Å². The second-order valence-corrected chi connectivity index (χ2v) is 6.08. The number of aliphatic imine (C=N–C) groups is 1. The Bertz CT molecular complexity index is 962. The molecule has 0 aliphatic heterocycles. The van der Waals surface area contributed by atoms with Gasteiger partial charge in [0.2, 0.25) is 0 Å². The molecule has 0 aromatic heterocycles. The van der Waals surface area contributed by atoms with Gasteiger partial charge in [-0.05, 0) is 11.6 Å². The van der Waals surface area contributed by atoms with Gasteiger partial charge in [0, 0.05) is 16.7 Å². The van der Waals surface area contributed by atoms with E-state index in [4.69, 9.17) is 4.99 Å². The van der Waals surface area contributed by atoms with E-state index >= 15 is 0 Å². The number of hydrogen-bond donors (Lipinski definition) is 0. The lowest BCUT2D eigenvalue weighted by atomic mass is 10.0. The summed E-state index contributed by atoms with van der Waals surface area (Å²) in [5.74, 6) is 0. The first-order chi connectivity index (χ1) is 12.9. The molecule has 0 aliphatic rings. The Kier molecular flexibility index (Phi) is 4.70. The van der Waals surface area contributed by atoms with Crippen molar-refractivity contribution < 1.29 is 0 Å². The topological polar surface area (TPSA) is 12.4 Å². The van der Waals surface area contributed by atoms with Gasteiger partial charge in [0.25, 0.3) is 0 Å². The van der Waals surface area contributed by atoms with E-state index in [1.807, 2.05) is 24.3 Å². The lowest BCUT2D eigenvalue weighted by Crippen LogP contribution is -2.02. The van der Waals surface area contributed by atoms with Gasteiger partial charge in [-0.15, -0.1) is 0 Å². The molecule has 4 aromatic rings. The van der Waals surface area contributed by atoms with Crippen molar-refractivity contribution in [3.8, 4) is 11.1 Å². The molecular weight excluding hydrogens is 314 g/mol. The Balaban J connectivity index is 1.89. The van der Waals surface area contributed by atoms with Crippen molar-refractivity contribution in [3.63, 3.8) is 0 Å². The molecule has 0 saturated carbocycles. The average molecular weight is 333 g/mol. The maximum Gasteiger partial charge on any atom is 0.0781 e. The van der Waals surface area contributed by atoms with E-state index in [2.05, 4.69) is 91.0 Å². The fourth-order valence-electron chi connectivity index (χ4n) is 3.04. The summed E-state index contributed by atoms with van der Waals surface area (Å²) in [5, 5.41) is 0. The Hall–Kier alpha value is -3.45. The Morgan fingerprint density at radius 2 is 0.923 bits per heavy atom. The van der Waals surface area contributed by atoms with Crippen LogP contribution in [0, 0.1) is 0 Å². The van der Waals surface area contributed by atoms with Crippen LogP contribution in [0.25, 0.3) is 11.1 Å². The van der Waals surface area contributed by atoms with E-state index in [1.54, 1.807) is 0 Å². The number of rotatable bonds is 4. The van der Waals surface area contributed by atoms with Crippen LogP contribution in [-0.4, -0.2) is 5.71 Å². The van der Waals surface area contributed by atoms with Gasteiger partial charge < -0.3 is 0 Å². The lowest BCUT2D eigenvalue weighted by Gasteiger charge is -2.11. The van der Waals surface area contributed by atoms with Crippen molar-refractivity contribution in [1.29, 1.82) is 0 Å². The third-order valence-electron chi connectivity index (χ3n) is 4.32. The first-order valence-corrected chi connectivity index (χ1v) is 8.76. The van der Waals surface area contributed by atoms with Crippen LogP contribution >= 0.6 is 0 Å². The maximum atomic E-state index is 5.09. The molecule has 0 radical (unpaired) electrons. The Labute approximate surface area is 154 Å². The van der Waals surface area contributed by atoms with Gasteiger partial charge in [-0.3, -0.25) is 0 Å². The SMILES string of the molecule is c1ccc(C(=Nc2ccccc2-c2ccccc2)c2ccccc2)cc1. The molecule has 0 spiro atoms. The fourth-order valence-corrected chi connectivity index (χ4v) is 3.04. The molecule has 4 rings (SSSR count). The van der Waals surface area contributed by atoms with Crippen LogP contribution in [0.5, 0.6) is 0 Å². The summed E-state index contributed by atoms with van der Waals surface area (Å²) in [6.45, 7) is 0. The van der Waals surface area contributed by atoms with Gasteiger partial charge in [-0.1, -0.05) is 109 Å². The molecular formula is C25H19N. The van der Waals surface area contributed by atoms with Crippen LogP contribution in [-0.2, 0) is 0 Å². The molecule has 0 unspecified atom stereocenters. The monoisotopic (exact) mass is 333 g/mol. The van der Waals surface area contributed by atoms with Crippen molar-refractivity contribution in [3.05, 3.63) is 126 Å². The molecule has 0 amide bonds. The van der Waals surface area contributed by atoms with Crippen molar-refractivity contribution in [2.75, 3.05) is 0 Å². The summed E-state index contributed by atoms with van der Waals surface area (Å²) in [6.07, 6.45) is 0. The molecule has 4 aromatic carbocycles. The minimum absolute atomic E-state index is 0.974.